The third kappa shape index (κ3) is 5.03. The van der Waals surface area contributed by atoms with Crippen molar-refractivity contribution < 1.29 is 24.1 Å². The Morgan fingerprint density at radius 2 is 1.88 bits per heavy atom. The van der Waals surface area contributed by atoms with Crippen LogP contribution in [0.15, 0.2) is 18.2 Å². The van der Waals surface area contributed by atoms with Gasteiger partial charge in [0.05, 0.1) is 21.5 Å². The molecule has 10 heteroatoms. The highest BCUT2D eigenvalue weighted by molar-refractivity contribution is 5.69. The van der Waals surface area contributed by atoms with Crippen molar-refractivity contribution >= 4 is 17.5 Å². The van der Waals surface area contributed by atoms with Crippen molar-refractivity contribution in [3.63, 3.8) is 0 Å². The summed E-state index contributed by atoms with van der Waals surface area (Å²) in [6, 6.07) is 3.06. The van der Waals surface area contributed by atoms with Crippen molar-refractivity contribution in [3.8, 4) is 5.75 Å². The summed E-state index contributed by atoms with van der Waals surface area (Å²) in [5.74, 6) is -0.212. The fourth-order valence-corrected chi connectivity index (χ4v) is 2.08. The summed E-state index contributed by atoms with van der Waals surface area (Å²) in [5.41, 5.74) is -2.02. The highest BCUT2D eigenvalue weighted by atomic mass is 16.6. The van der Waals surface area contributed by atoms with Crippen LogP contribution in [-0.2, 0) is 4.74 Å². The van der Waals surface area contributed by atoms with Crippen LogP contribution in [-0.4, -0.2) is 33.7 Å². The number of nitro benzene ring substituents is 2. The maximum Gasteiger partial charge on any atom is 0.408 e. The molecule has 0 aliphatic heterocycles. The number of hydrogen-bond donors (Lipinski definition) is 1. The minimum absolute atomic E-state index is 0.0474. The van der Waals surface area contributed by atoms with Gasteiger partial charge in [-0.2, -0.15) is 0 Å². The molecule has 1 N–H and O–H groups in total. The third-order valence-electron chi connectivity index (χ3n) is 3.47. The fourth-order valence-electron chi connectivity index (χ4n) is 2.08. The number of non-ortho nitro benzene ring substituents is 1. The SMILES string of the molecule is CC(C)(C)OC(=O)NC1(COc2cc([N+](=O)[O-])ccc2[N+](=O)[O-])CC1. The molecule has 1 aromatic carbocycles. The second kappa shape index (κ2) is 6.54. The lowest BCUT2D eigenvalue weighted by Gasteiger charge is -2.23. The molecule has 0 heterocycles. The van der Waals surface area contributed by atoms with Crippen molar-refractivity contribution in [3.05, 3.63) is 38.4 Å². The van der Waals surface area contributed by atoms with Crippen LogP contribution >= 0.6 is 0 Å². The van der Waals surface area contributed by atoms with Crippen LogP contribution in [0.3, 0.4) is 0 Å². The molecule has 136 valence electrons. The van der Waals surface area contributed by atoms with E-state index in [9.17, 15) is 25.0 Å². The molecule has 1 aliphatic rings. The molecule has 0 radical (unpaired) electrons. The second-order valence-corrected chi connectivity index (χ2v) is 6.86. The Bertz CT molecular complexity index is 708. The molecule has 0 spiro atoms. The maximum absolute atomic E-state index is 11.9. The van der Waals surface area contributed by atoms with Gasteiger partial charge >= 0.3 is 11.8 Å². The standard InChI is InChI=1S/C15H19N3O7/c1-14(2,3)25-13(19)16-15(6-7-15)9-24-12-8-10(17(20)21)4-5-11(12)18(22)23/h4-5,8H,6-7,9H2,1-3H3,(H,16,19). The van der Waals surface area contributed by atoms with E-state index in [0.717, 1.165) is 18.2 Å². The largest absolute Gasteiger partial charge is 0.484 e. The summed E-state index contributed by atoms with van der Waals surface area (Å²) in [5, 5.41) is 24.6. The van der Waals surface area contributed by atoms with Gasteiger partial charge in [0, 0.05) is 12.1 Å². The van der Waals surface area contributed by atoms with Gasteiger partial charge < -0.3 is 14.8 Å². The number of amides is 1. The summed E-state index contributed by atoms with van der Waals surface area (Å²) in [6.45, 7) is 5.15. The molecule has 1 aliphatic carbocycles. The van der Waals surface area contributed by atoms with Crippen LogP contribution in [0.5, 0.6) is 5.75 Å². The molecule has 2 rings (SSSR count). The van der Waals surface area contributed by atoms with E-state index < -0.39 is 27.1 Å². The predicted octanol–water partition coefficient (Wildman–Crippen LogP) is 2.94. The zero-order valence-electron chi connectivity index (χ0n) is 14.1. The van der Waals surface area contributed by atoms with E-state index in [1.165, 1.54) is 0 Å². The maximum atomic E-state index is 11.9. The van der Waals surface area contributed by atoms with E-state index in [0.29, 0.717) is 12.8 Å². The van der Waals surface area contributed by atoms with E-state index in [4.69, 9.17) is 9.47 Å². The normalized spacial score (nSPS) is 15.2. The molecule has 1 fully saturated rings. The number of carbonyl (C=O) groups excluding carboxylic acids is 1. The number of benzene rings is 1. The molecule has 0 aromatic heterocycles. The van der Waals surface area contributed by atoms with Crippen molar-refractivity contribution in [1.29, 1.82) is 0 Å². The number of hydrogen-bond acceptors (Lipinski definition) is 7. The lowest BCUT2D eigenvalue weighted by molar-refractivity contribution is -0.389. The van der Waals surface area contributed by atoms with Gasteiger partial charge in [-0.1, -0.05) is 0 Å². The van der Waals surface area contributed by atoms with Gasteiger partial charge in [-0.05, 0) is 33.6 Å². The molecule has 1 amide bonds. The van der Waals surface area contributed by atoms with Gasteiger partial charge in [0.1, 0.15) is 12.2 Å². The zero-order chi connectivity index (χ0) is 18.8. The number of nitrogens with one attached hydrogen (secondary N) is 1. The quantitative estimate of drug-likeness (QED) is 0.613. The average molecular weight is 353 g/mol. The van der Waals surface area contributed by atoms with E-state index in [1.54, 1.807) is 20.8 Å². The van der Waals surface area contributed by atoms with Crippen LogP contribution in [0.25, 0.3) is 0 Å². The van der Waals surface area contributed by atoms with Gasteiger partial charge in [0.15, 0.2) is 0 Å². The van der Waals surface area contributed by atoms with E-state index >= 15 is 0 Å². The molecule has 0 atom stereocenters. The first-order valence-electron chi connectivity index (χ1n) is 7.58. The highest BCUT2D eigenvalue weighted by Gasteiger charge is 2.46. The van der Waals surface area contributed by atoms with E-state index in [-0.39, 0.29) is 23.7 Å². The Labute approximate surface area is 143 Å². The Morgan fingerprint density at radius 1 is 1.24 bits per heavy atom. The molecule has 0 saturated heterocycles. The summed E-state index contributed by atoms with van der Waals surface area (Å²) in [4.78, 5) is 32.4. The van der Waals surface area contributed by atoms with Gasteiger partial charge in [0.25, 0.3) is 5.69 Å². The molecular weight excluding hydrogens is 334 g/mol. The number of ether oxygens (including phenoxy) is 2. The first-order valence-corrected chi connectivity index (χ1v) is 7.58. The number of rotatable bonds is 6. The van der Waals surface area contributed by atoms with Crippen molar-refractivity contribution in [2.24, 2.45) is 0 Å². The lowest BCUT2D eigenvalue weighted by Crippen LogP contribution is -2.44. The van der Waals surface area contributed by atoms with Crippen molar-refractivity contribution in [1.82, 2.24) is 5.32 Å². The number of carbonyl (C=O) groups is 1. The predicted molar refractivity (Wildman–Crippen MR) is 86.6 cm³/mol. The Kier molecular flexibility index (Phi) is 4.82. The van der Waals surface area contributed by atoms with Crippen molar-refractivity contribution in [2.45, 2.75) is 44.8 Å². The summed E-state index contributed by atoms with van der Waals surface area (Å²) in [6.07, 6.45) is 0.631. The summed E-state index contributed by atoms with van der Waals surface area (Å²) in [7, 11) is 0. The van der Waals surface area contributed by atoms with E-state index in [1.807, 2.05) is 0 Å². The molecular formula is C15H19N3O7. The molecule has 0 bridgehead atoms. The second-order valence-electron chi connectivity index (χ2n) is 6.86. The summed E-state index contributed by atoms with van der Waals surface area (Å²) < 4.78 is 10.6. The van der Waals surface area contributed by atoms with Gasteiger partial charge in [-0.15, -0.1) is 0 Å². The third-order valence-corrected chi connectivity index (χ3v) is 3.47. The molecule has 25 heavy (non-hydrogen) atoms. The van der Waals surface area contributed by atoms with Gasteiger partial charge in [0.2, 0.25) is 5.75 Å². The number of alkyl carbamates (subject to hydrolysis) is 1. The Hall–Kier alpha value is -2.91. The topological polar surface area (TPSA) is 134 Å². The average Bonchev–Trinajstić information content (AvgIpc) is 3.22. The Balaban J connectivity index is 2.07. The van der Waals surface area contributed by atoms with Crippen LogP contribution in [0.2, 0.25) is 0 Å². The monoisotopic (exact) mass is 353 g/mol. The van der Waals surface area contributed by atoms with Crippen LogP contribution in [0, 0.1) is 20.2 Å². The smallest absolute Gasteiger partial charge is 0.408 e. The number of nitrogens with zero attached hydrogens (tertiary/aromatic N) is 2. The zero-order valence-corrected chi connectivity index (χ0v) is 14.1. The first-order chi connectivity index (χ1) is 11.5. The lowest BCUT2D eigenvalue weighted by atomic mass is 10.2. The minimum Gasteiger partial charge on any atom is -0.484 e. The van der Waals surface area contributed by atoms with Crippen molar-refractivity contribution in [2.75, 3.05) is 6.61 Å². The summed E-state index contributed by atoms with van der Waals surface area (Å²) >= 11 is 0. The fraction of sp³-hybridized carbons (Fsp3) is 0.533. The molecule has 10 nitrogen and oxygen atoms in total. The minimum atomic E-state index is -0.681. The van der Waals surface area contributed by atoms with E-state index in [2.05, 4.69) is 5.32 Å². The highest BCUT2D eigenvalue weighted by Crippen LogP contribution is 2.38. The van der Waals surface area contributed by atoms with Gasteiger partial charge in [-0.25, -0.2) is 4.79 Å². The molecule has 0 unspecified atom stereocenters. The van der Waals surface area contributed by atoms with Crippen LogP contribution in [0.1, 0.15) is 33.6 Å². The van der Waals surface area contributed by atoms with Crippen LogP contribution in [0.4, 0.5) is 16.2 Å². The number of nitro groups is 2. The molecule has 1 aromatic rings. The van der Waals surface area contributed by atoms with Crippen LogP contribution < -0.4 is 10.1 Å². The van der Waals surface area contributed by atoms with Gasteiger partial charge in [-0.3, -0.25) is 20.2 Å². The molecule has 1 saturated carbocycles. The Morgan fingerprint density at radius 3 is 2.36 bits per heavy atom. The first kappa shape index (κ1) is 18.4.